The van der Waals surface area contributed by atoms with Gasteiger partial charge in [-0.25, -0.2) is 9.07 Å². The van der Waals surface area contributed by atoms with E-state index in [1.807, 2.05) is 29.3 Å². The first kappa shape index (κ1) is 18.2. The lowest BCUT2D eigenvalue weighted by Crippen LogP contribution is -2.48. The molecule has 1 aliphatic rings. The predicted molar refractivity (Wildman–Crippen MR) is 101 cm³/mol. The van der Waals surface area contributed by atoms with E-state index >= 15 is 0 Å². The van der Waals surface area contributed by atoms with Gasteiger partial charge in [0, 0.05) is 24.3 Å². The number of hydrogen-bond acceptors (Lipinski definition) is 8. The molecule has 2 N–H and O–H groups in total. The minimum atomic E-state index is -0.940. The number of aromatic nitrogens is 6. The summed E-state index contributed by atoms with van der Waals surface area (Å²) in [5.41, 5.74) is 8.12. The number of hydrogen-bond donors (Lipinski definition) is 1. The highest BCUT2D eigenvalue weighted by molar-refractivity contribution is 5.58. The Bertz CT molecular complexity index is 921. The lowest BCUT2D eigenvalue weighted by atomic mass is 10.1. The first-order valence-electron chi connectivity index (χ1n) is 8.97. The fourth-order valence-corrected chi connectivity index (χ4v) is 3.21. The largest absolute Gasteiger partial charge is 0.495 e. The van der Waals surface area contributed by atoms with E-state index in [4.69, 9.17) is 10.5 Å². The van der Waals surface area contributed by atoms with Gasteiger partial charge >= 0.3 is 0 Å². The molecule has 28 heavy (non-hydrogen) atoms. The third kappa shape index (κ3) is 4.06. The summed E-state index contributed by atoms with van der Waals surface area (Å²) in [4.78, 5) is 5.96. The number of rotatable bonds is 5. The monoisotopic (exact) mass is 384 g/mol. The first-order chi connectivity index (χ1) is 13.6. The summed E-state index contributed by atoms with van der Waals surface area (Å²) in [6.45, 7) is 1.29. The Morgan fingerprint density at radius 3 is 2.86 bits per heavy atom. The number of piperidine rings is 1. The number of methoxy groups -OCH3 is 1. The van der Waals surface area contributed by atoms with Gasteiger partial charge in [0.2, 0.25) is 0 Å². The molecule has 146 valence electrons. The lowest BCUT2D eigenvalue weighted by Gasteiger charge is -2.33. The van der Waals surface area contributed by atoms with E-state index in [2.05, 4.69) is 25.5 Å². The highest BCUT2D eigenvalue weighted by Crippen LogP contribution is 2.21. The van der Waals surface area contributed by atoms with E-state index in [-0.39, 0.29) is 6.04 Å². The topological polar surface area (TPSA) is 108 Å². The van der Waals surface area contributed by atoms with Gasteiger partial charge in [0.1, 0.15) is 17.6 Å². The summed E-state index contributed by atoms with van der Waals surface area (Å²) in [6, 6.07) is 5.34. The van der Waals surface area contributed by atoms with Crippen molar-refractivity contribution in [2.24, 2.45) is 5.73 Å². The van der Waals surface area contributed by atoms with Gasteiger partial charge in [-0.15, -0.1) is 10.2 Å². The van der Waals surface area contributed by atoms with Crippen molar-refractivity contribution >= 4 is 5.82 Å². The zero-order chi connectivity index (χ0) is 19.5. The van der Waals surface area contributed by atoms with Crippen molar-refractivity contribution in [3.05, 3.63) is 42.5 Å². The van der Waals surface area contributed by atoms with Crippen molar-refractivity contribution in [1.29, 1.82) is 0 Å². The zero-order valence-corrected chi connectivity index (χ0v) is 15.4. The van der Waals surface area contributed by atoms with Crippen LogP contribution in [0.2, 0.25) is 0 Å². The van der Waals surface area contributed by atoms with Crippen LogP contribution in [-0.2, 0) is 6.54 Å². The number of alkyl halides is 1. The van der Waals surface area contributed by atoms with E-state index in [1.165, 1.54) is 0 Å². The van der Waals surface area contributed by atoms with E-state index in [0.29, 0.717) is 43.3 Å². The molecule has 3 aromatic rings. The van der Waals surface area contributed by atoms with Gasteiger partial charge in [0.25, 0.3) is 0 Å². The molecular weight excluding hydrogens is 363 g/mol. The third-order valence-corrected chi connectivity index (χ3v) is 4.57. The SMILES string of the molecule is COc1cncc(-c2cn(Cc3ccc(N4C[C@H](N)C[C@H](F)C4)nn3)nn2)c1. The second-order valence-corrected chi connectivity index (χ2v) is 6.80. The third-order valence-electron chi connectivity index (χ3n) is 4.57. The molecule has 0 amide bonds. The van der Waals surface area contributed by atoms with Crippen LogP contribution in [0.15, 0.2) is 36.8 Å². The summed E-state index contributed by atoms with van der Waals surface area (Å²) >= 11 is 0. The molecule has 3 aromatic heterocycles. The number of anilines is 1. The van der Waals surface area contributed by atoms with Gasteiger partial charge in [-0.2, -0.15) is 5.10 Å². The molecule has 0 unspecified atom stereocenters. The second-order valence-electron chi connectivity index (χ2n) is 6.80. The smallest absolute Gasteiger partial charge is 0.151 e. The molecule has 0 radical (unpaired) electrons. The summed E-state index contributed by atoms with van der Waals surface area (Å²) in [6.07, 6.45) is 4.59. The zero-order valence-electron chi connectivity index (χ0n) is 15.4. The summed E-state index contributed by atoms with van der Waals surface area (Å²) < 4.78 is 20.6. The molecule has 0 aromatic carbocycles. The number of nitrogens with two attached hydrogens (primary N) is 1. The molecule has 4 rings (SSSR count). The molecule has 9 nitrogen and oxygen atoms in total. The fraction of sp³-hybridized carbons (Fsp3) is 0.389. The Hall–Kier alpha value is -3.14. The molecule has 10 heteroatoms. The number of ether oxygens (including phenoxy) is 1. The Morgan fingerprint density at radius 2 is 2.11 bits per heavy atom. The minimum absolute atomic E-state index is 0.190. The van der Waals surface area contributed by atoms with Crippen molar-refractivity contribution in [2.45, 2.75) is 25.2 Å². The van der Waals surface area contributed by atoms with Gasteiger partial charge in [-0.3, -0.25) is 4.98 Å². The van der Waals surface area contributed by atoms with E-state index < -0.39 is 6.17 Å². The van der Waals surface area contributed by atoms with Crippen molar-refractivity contribution < 1.29 is 9.13 Å². The molecule has 0 bridgehead atoms. The molecule has 2 atom stereocenters. The van der Waals surface area contributed by atoms with E-state index in [1.54, 1.807) is 24.2 Å². The Balaban J connectivity index is 1.44. The molecule has 1 fully saturated rings. The average Bonchev–Trinajstić information content (AvgIpc) is 3.16. The number of nitrogens with zero attached hydrogens (tertiary/aromatic N) is 7. The molecule has 4 heterocycles. The van der Waals surface area contributed by atoms with Gasteiger partial charge < -0.3 is 15.4 Å². The second kappa shape index (κ2) is 7.85. The fourth-order valence-electron chi connectivity index (χ4n) is 3.21. The molecule has 1 aliphatic heterocycles. The molecule has 0 spiro atoms. The van der Waals surface area contributed by atoms with E-state index in [9.17, 15) is 4.39 Å². The normalized spacial score (nSPS) is 19.6. The summed E-state index contributed by atoms with van der Waals surface area (Å²) in [7, 11) is 1.59. The van der Waals surface area contributed by atoms with Crippen LogP contribution in [0.5, 0.6) is 5.75 Å². The van der Waals surface area contributed by atoms with Crippen LogP contribution in [0.1, 0.15) is 12.1 Å². The summed E-state index contributed by atoms with van der Waals surface area (Å²) in [5.74, 6) is 1.28. The Kier molecular flexibility index (Phi) is 5.11. The number of pyridine rings is 1. The van der Waals surface area contributed by atoms with E-state index in [0.717, 1.165) is 11.3 Å². The molecule has 0 saturated carbocycles. The van der Waals surface area contributed by atoms with Crippen LogP contribution in [0.4, 0.5) is 10.2 Å². The van der Waals surface area contributed by atoms with Crippen LogP contribution in [0.3, 0.4) is 0 Å². The van der Waals surface area contributed by atoms with Crippen LogP contribution >= 0.6 is 0 Å². The quantitative estimate of drug-likeness (QED) is 0.696. The highest BCUT2D eigenvalue weighted by atomic mass is 19.1. The van der Waals surface area contributed by atoms with Crippen LogP contribution in [-0.4, -0.2) is 62.6 Å². The molecular formula is C18H21FN8O. The van der Waals surface area contributed by atoms with Crippen molar-refractivity contribution in [3.63, 3.8) is 0 Å². The summed E-state index contributed by atoms with van der Waals surface area (Å²) in [5, 5.41) is 16.8. The molecule has 0 aliphatic carbocycles. The maximum atomic E-state index is 13.7. The minimum Gasteiger partial charge on any atom is -0.495 e. The van der Waals surface area contributed by atoms with Gasteiger partial charge in [-0.1, -0.05) is 5.21 Å². The van der Waals surface area contributed by atoms with Crippen LogP contribution in [0.25, 0.3) is 11.3 Å². The van der Waals surface area contributed by atoms with Gasteiger partial charge in [0.15, 0.2) is 5.82 Å². The van der Waals surface area contributed by atoms with Crippen molar-refractivity contribution in [1.82, 2.24) is 30.2 Å². The first-order valence-corrected chi connectivity index (χ1v) is 8.97. The predicted octanol–water partition coefficient (Wildman–Crippen LogP) is 1.06. The maximum Gasteiger partial charge on any atom is 0.151 e. The van der Waals surface area contributed by atoms with Crippen LogP contribution in [0, 0.1) is 0 Å². The molecule has 1 saturated heterocycles. The number of halogens is 1. The Morgan fingerprint density at radius 1 is 1.21 bits per heavy atom. The van der Waals surface area contributed by atoms with Gasteiger partial charge in [-0.05, 0) is 24.6 Å². The Labute approximate surface area is 161 Å². The van der Waals surface area contributed by atoms with Crippen molar-refractivity contribution in [3.8, 4) is 17.0 Å². The van der Waals surface area contributed by atoms with Gasteiger partial charge in [0.05, 0.1) is 38.3 Å². The highest BCUT2D eigenvalue weighted by Gasteiger charge is 2.25. The van der Waals surface area contributed by atoms with Crippen LogP contribution < -0.4 is 15.4 Å². The standard InChI is InChI=1S/C18H21FN8O/c1-28-16-4-12(6-21-7-16)17-11-27(25-23-17)10-15-2-3-18(24-22-15)26-8-13(19)5-14(20)9-26/h2-4,6-7,11,13-14H,5,8-10,20H2,1H3/t13-,14+/m0/s1. The lowest BCUT2D eigenvalue weighted by molar-refractivity contribution is 0.268. The van der Waals surface area contributed by atoms with Crippen molar-refractivity contribution in [2.75, 3.05) is 25.1 Å². The average molecular weight is 384 g/mol. The maximum absolute atomic E-state index is 13.7.